The minimum absolute atomic E-state index is 0.0859. The van der Waals surface area contributed by atoms with Crippen molar-refractivity contribution >= 4 is 28.4 Å². The Hall–Kier alpha value is -2.15. The van der Waals surface area contributed by atoms with E-state index in [1.54, 1.807) is 18.8 Å². The zero-order valence-corrected chi connectivity index (χ0v) is 9.86. The number of nitrogens with one attached hydrogen (secondary N) is 1. The Bertz CT molecular complexity index is 679. The number of halogens is 1. The molecule has 1 aromatic carbocycles. The molecule has 1 aromatic heterocycles. The molecular weight excluding hydrogens is 239 g/mol. The Morgan fingerprint density at radius 3 is 2.89 bits per heavy atom. The maximum atomic E-state index is 14.1. The molecule has 2 heterocycles. The molecule has 0 saturated carbocycles. The van der Waals surface area contributed by atoms with Gasteiger partial charge in [-0.2, -0.15) is 5.10 Å². The van der Waals surface area contributed by atoms with Crippen LogP contribution in [-0.2, 0) is 13.7 Å². The number of aryl methyl sites for hydroxylation is 1. The van der Waals surface area contributed by atoms with Crippen LogP contribution in [-0.4, -0.2) is 28.0 Å². The van der Waals surface area contributed by atoms with Crippen molar-refractivity contribution in [2.45, 2.75) is 6.61 Å². The molecule has 2 aromatic rings. The van der Waals surface area contributed by atoms with E-state index in [0.717, 1.165) is 0 Å². The molecule has 3 rings (SSSR count). The van der Waals surface area contributed by atoms with E-state index in [1.165, 1.54) is 11.0 Å². The summed E-state index contributed by atoms with van der Waals surface area (Å²) in [5.41, 5.74) is 0.886. The standard InChI is InChI=1S/C11H11FN4O2/c1-15-10-7-6(16(2)14-10)3-5(4-17)8(12)9(7)13-11(15)18/h3,17H,4H2,1-2H3,(H,13,18). The molecular formula is C11H11FN4O2. The lowest BCUT2D eigenvalue weighted by molar-refractivity contribution is 0.257. The highest BCUT2D eigenvalue weighted by molar-refractivity contribution is 6.17. The predicted molar refractivity (Wildman–Crippen MR) is 64.0 cm³/mol. The Morgan fingerprint density at radius 2 is 2.22 bits per heavy atom. The molecule has 0 radical (unpaired) electrons. The molecule has 0 fully saturated rings. The molecule has 94 valence electrons. The molecule has 0 atom stereocenters. The summed E-state index contributed by atoms with van der Waals surface area (Å²) in [6.07, 6.45) is 0. The number of hydrogen-bond acceptors (Lipinski definition) is 3. The van der Waals surface area contributed by atoms with Gasteiger partial charge in [-0.15, -0.1) is 0 Å². The van der Waals surface area contributed by atoms with Gasteiger partial charge in [0.1, 0.15) is 0 Å². The second-order valence-corrected chi connectivity index (χ2v) is 4.21. The molecule has 0 bridgehead atoms. The van der Waals surface area contributed by atoms with Crippen molar-refractivity contribution in [1.29, 1.82) is 0 Å². The summed E-state index contributed by atoms with van der Waals surface area (Å²) in [5, 5.41) is 16.4. The van der Waals surface area contributed by atoms with E-state index in [1.807, 2.05) is 0 Å². The first-order valence-electron chi connectivity index (χ1n) is 5.38. The van der Waals surface area contributed by atoms with Gasteiger partial charge < -0.3 is 10.4 Å². The van der Waals surface area contributed by atoms with Gasteiger partial charge in [-0.1, -0.05) is 0 Å². The lowest BCUT2D eigenvalue weighted by atomic mass is 10.1. The smallest absolute Gasteiger partial charge is 0.327 e. The summed E-state index contributed by atoms with van der Waals surface area (Å²) in [5.74, 6) is -0.199. The third kappa shape index (κ3) is 1.19. The Labute approximate surface area is 102 Å². The van der Waals surface area contributed by atoms with E-state index in [0.29, 0.717) is 16.7 Å². The van der Waals surface area contributed by atoms with Gasteiger partial charge in [-0.25, -0.2) is 9.18 Å². The first-order chi connectivity index (χ1) is 8.54. The largest absolute Gasteiger partial charge is 0.392 e. The zero-order valence-electron chi connectivity index (χ0n) is 9.86. The predicted octanol–water partition coefficient (Wildman–Crippen LogP) is 1.19. The maximum absolute atomic E-state index is 14.1. The minimum atomic E-state index is -0.610. The van der Waals surface area contributed by atoms with Gasteiger partial charge in [-0.3, -0.25) is 9.58 Å². The van der Waals surface area contributed by atoms with Crippen LogP contribution in [0.25, 0.3) is 10.9 Å². The van der Waals surface area contributed by atoms with Crippen LogP contribution in [0.3, 0.4) is 0 Å². The van der Waals surface area contributed by atoms with E-state index >= 15 is 0 Å². The molecule has 6 nitrogen and oxygen atoms in total. The number of aliphatic hydroxyl groups is 1. The van der Waals surface area contributed by atoms with Gasteiger partial charge in [0.05, 0.1) is 23.2 Å². The number of aliphatic hydroxyl groups excluding tert-OH is 1. The summed E-state index contributed by atoms with van der Waals surface area (Å²) in [6.45, 7) is -0.430. The third-order valence-corrected chi connectivity index (χ3v) is 3.16. The van der Waals surface area contributed by atoms with Crippen LogP contribution in [0, 0.1) is 5.82 Å². The average Bonchev–Trinajstić information content (AvgIpc) is 2.67. The highest BCUT2D eigenvalue weighted by Gasteiger charge is 2.29. The molecule has 0 saturated heterocycles. The van der Waals surface area contributed by atoms with Gasteiger partial charge in [0.2, 0.25) is 0 Å². The Kier molecular flexibility index (Phi) is 2.09. The fourth-order valence-electron chi connectivity index (χ4n) is 2.18. The number of benzene rings is 1. The zero-order chi connectivity index (χ0) is 13.0. The molecule has 2 N–H and O–H groups in total. The number of nitrogens with zero attached hydrogens (tertiary/aromatic N) is 3. The van der Waals surface area contributed by atoms with Crippen LogP contribution < -0.4 is 10.2 Å². The molecule has 0 spiro atoms. The molecule has 0 unspecified atom stereocenters. The van der Waals surface area contributed by atoms with Gasteiger partial charge in [0.15, 0.2) is 11.6 Å². The number of carbonyl (C=O) groups is 1. The second kappa shape index (κ2) is 3.42. The first kappa shape index (κ1) is 11.0. The lowest BCUT2D eigenvalue weighted by Crippen LogP contribution is -2.34. The molecule has 1 aliphatic rings. The lowest BCUT2D eigenvalue weighted by Gasteiger charge is -2.22. The summed E-state index contributed by atoms with van der Waals surface area (Å²) in [4.78, 5) is 13.0. The Balaban J connectivity index is 2.47. The molecule has 1 aliphatic heterocycles. The number of aromatic nitrogens is 2. The van der Waals surface area contributed by atoms with E-state index in [9.17, 15) is 9.18 Å². The van der Waals surface area contributed by atoms with Crippen molar-refractivity contribution in [3.8, 4) is 0 Å². The van der Waals surface area contributed by atoms with Crippen LogP contribution in [0.15, 0.2) is 6.07 Å². The number of amides is 2. The number of carbonyl (C=O) groups excluding carboxylic acids is 1. The van der Waals surface area contributed by atoms with Gasteiger partial charge in [0.25, 0.3) is 0 Å². The second-order valence-electron chi connectivity index (χ2n) is 4.21. The SMILES string of the molecule is CN1C(=O)Nc2c(F)c(CO)cc3c2c1nn3C. The van der Waals surface area contributed by atoms with Crippen LogP contribution in [0.2, 0.25) is 0 Å². The van der Waals surface area contributed by atoms with Crippen LogP contribution in [0.1, 0.15) is 5.56 Å². The van der Waals surface area contributed by atoms with E-state index in [-0.39, 0.29) is 11.3 Å². The van der Waals surface area contributed by atoms with Crippen molar-refractivity contribution in [3.63, 3.8) is 0 Å². The van der Waals surface area contributed by atoms with E-state index in [2.05, 4.69) is 10.4 Å². The van der Waals surface area contributed by atoms with E-state index in [4.69, 9.17) is 5.11 Å². The summed E-state index contributed by atoms with van der Waals surface area (Å²) < 4.78 is 15.7. The third-order valence-electron chi connectivity index (χ3n) is 3.16. The fourth-order valence-corrected chi connectivity index (χ4v) is 2.18. The molecule has 0 aliphatic carbocycles. The quantitative estimate of drug-likeness (QED) is 0.798. The van der Waals surface area contributed by atoms with E-state index < -0.39 is 18.5 Å². The van der Waals surface area contributed by atoms with Gasteiger partial charge >= 0.3 is 6.03 Å². The number of anilines is 2. The van der Waals surface area contributed by atoms with Crippen molar-refractivity contribution in [1.82, 2.24) is 9.78 Å². The average molecular weight is 250 g/mol. The molecule has 2 amide bonds. The monoisotopic (exact) mass is 250 g/mol. The molecule has 7 heteroatoms. The summed E-state index contributed by atoms with van der Waals surface area (Å²) in [6, 6.07) is 1.09. The first-order valence-corrected chi connectivity index (χ1v) is 5.38. The van der Waals surface area contributed by atoms with Crippen LogP contribution in [0.5, 0.6) is 0 Å². The summed E-state index contributed by atoms with van der Waals surface area (Å²) >= 11 is 0. The maximum Gasteiger partial charge on any atom is 0.327 e. The van der Waals surface area contributed by atoms with Crippen molar-refractivity contribution < 1.29 is 14.3 Å². The molecule has 18 heavy (non-hydrogen) atoms. The minimum Gasteiger partial charge on any atom is -0.392 e. The van der Waals surface area contributed by atoms with Gasteiger partial charge in [-0.05, 0) is 6.07 Å². The summed E-state index contributed by atoms with van der Waals surface area (Å²) in [7, 11) is 3.27. The normalized spacial score (nSPS) is 14.2. The fraction of sp³-hybridized carbons (Fsp3) is 0.273. The number of urea groups is 1. The topological polar surface area (TPSA) is 70.4 Å². The van der Waals surface area contributed by atoms with Crippen LogP contribution >= 0.6 is 0 Å². The van der Waals surface area contributed by atoms with Crippen molar-refractivity contribution in [2.24, 2.45) is 7.05 Å². The number of hydrogen-bond donors (Lipinski definition) is 2. The van der Waals surface area contributed by atoms with Crippen molar-refractivity contribution in [3.05, 3.63) is 17.4 Å². The highest BCUT2D eigenvalue weighted by Crippen LogP contribution is 2.38. The highest BCUT2D eigenvalue weighted by atomic mass is 19.1. The van der Waals surface area contributed by atoms with Crippen molar-refractivity contribution in [2.75, 3.05) is 17.3 Å². The number of rotatable bonds is 1. The Morgan fingerprint density at radius 1 is 1.50 bits per heavy atom. The van der Waals surface area contributed by atoms with Gasteiger partial charge in [0, 0.05) is 19.7 Å². The van der Waals surface area contributed by atoms with Crippen LogP contribution in [0.4, 0.5) is 20.7 Å².